The molecule has 0 fully saturated rings. The molecule has 37 heavy (non-hydrogen) atoms. The Morgan fingerprint density at radius 1 is 0.595 bits per heavy atom. The van der Waals surface area contributed by atoms with Crippen LogP contribution < -0.4 is 5.73 Å². The van der Waals surface area contributed by atoms with Gasteiger partial charge in [-0.3, -0.25) is 14.8 Å². The first kappa shape index (κ1) is 26.8. The first-order valence-corrected chi connectivity index (χ1v) is 11.7. The van der Waals surface area contributed by atoms with Gasteiger partial charge in [0.1, 0.15) is 18.3 Å². The molecule has 0 aromatic heterocycles. The van der Waals surface area contributed by atoms with Crippen molar-refractivity contribution in [2.45, 2.75) is 12.1 Å². The smallest absolute Gasteiger partial charge is 0.348 e. The van der Waals surface area contributed by atoms with Gasteiger partial charge in [0.15, 0.2) is 0 Å². The number of primary amides is 1. The van der Waals surface area contributed by atoms with Gasteiger partial charge < -0.3 is 10.5 Å². The molecule has 4 aromatic rings. The molecule has 0 saturated heterocycles. The van der Waals surface area contributed by atoms with Crippen LogP contribution in [-0.4, -0.2) is 31.4 Å². The molecule has 0 saturated carbocycles. The van der Waals surface area contributed by atoms with Crippen LogP contribution >= 0.6 is 0 Å². The minimum atomic E-state index is -0.535. The summed E-state index contributed by atoms with van der Waals surface area (Å²) < 4.78 is 4.58. The van der Waals surface area contributed by atoms with Gasteiger partial charge in [-0.25, -0.2) is 4.79 Å². The van der Waals surface area contributed by atoms with Crippen molar-refractivity contribution < 1.29 is 14.3 Å². The minimum absolute atomic E-state index is 0.193. The number of amides is 1. The third-order valence-electron chi connectivity index (χ3n) is 5.34. The van der Waals surface area contributed by atoms with E-state index < -0.39 is 11.9 Å². The maximum Gasteiger partial charge on any atom is 0.348 e. The Bertz CT molecular complexity index is 1210. The van der Waals surface area contributed by atoms with E-state index in [1.165, 1.54) is 19.5 Å². The number of hydrogen-bond donors (Lipinski definition) is 1. The lowest BCUT2D eigenvalue weighted by atomic mass is 9.99. The lowest BCUT2D eigenvalue weighted by Crippen LogP contribution is -2.12. The maximum absolute atomic E-state index is 11.2. The normalized spacial score (nSPS) is 10.9. The van der Waals surface area contributed by atoms with E-state index in [4.69, 9.17) is 5.73 Å². The number of nitrogens with zero attached hydrogens (tertiary/aromatic N) is 2. The second-order valence-corrected chi connectivity index (χ2v) is 7.93. The van der Waals surface area contributed by atoms with E-state index in [9.17, 15) is 9.59 Å². The summed E-state index contributed by atoms with van der Waals surface area (Å²) in [6.07, 6.45) is 2.40. The molecule has 0 aliphatic rings. The number of rotatable bonds is 8. The minimum Gasteiger partial charge on any atom is -0.465 e. The van der Waals surface area contributed by atoms with E-state index in [0.717, 1.165) is 22.3 Å². The maximum atomic E-state index is 11.2. The molecule has 1 amide bonds. The highest BCUT2D eigenvalue weighted by molar-refractivity contribution is 6.25. The fourth-order valence-corrected chi connectivity index (χ4v) is 3.61. The second-order valence-electron chi connectivity index (χ2n) is 7.93. The average molecular weight is 492 g/mol. The molecule has 0 bridgehead atoms. The van der Waals surface area contributed by atoms with Gasteiger partial charge in [0, 0.05) is 0 Å². The summed E-state index contributed by atoms with van der Waals surface area (Å²) in [5.74, 6) is -0.983. The van der Waals surface area contributed by atoms with Gasteiger partial charge in [-0.15, -0.1) is 0 Å². The second kappa shape index (κ2) is 14.5. The Hall–Kier alpha value is -4.84. The number of benzene rings is 4. The van der Waals surface area contributed by atoms with Crippen molar-refractivity contribution in [3.63, 3.8) is 0 Å². The third kappa shape index (κ3) is 8.71. The Morgan fingerprint density at radius 2 is 0.892 bits per heavy atom. The summed E-state index contributed by atoms with van der Waals surface area (Å²) in [6, 6.07) is 38.9. The zero-order chi connectivity index (χ0) is 26.3. The summed E-state index contributed by atoms with van der Waals surface area (Å²) in [7, 11) is 1.34. The van der Waals surface area contributed by atoms with Crippen LogP contribution in [0, 0.1) is 0 Å². The molecule has 4 aromatic carbocycles. The van der Waals surface area contributed by atoms with Gasteiger partial charge in [0.25, 0.3) is 5.91 Å². The van der Waals surface area contributed by atoms with Crippen LogP contribution in [0.5, 0.6) is 0 Å². The summed E-state index contributed by atoms with van der Waals surface area (Å²) in [5.41, 5.74) is 9.24. The highest BCUT2D eigenvalue weighted by atomic mass is 16.5. The molecule has 0 heterocycles. The first-order valence-electron chi connectivity index (χ1n) is 11.7. The van der Waals surface area contributed by atoms with E-state index in [0.29, 0.717) is 0 Å². The van der Waals surface area contributed by atoms with Gasteiger partial charge in [-0.2, -0.15) is 0 Å². The van der Waals surface area contributed by atoms with Gasteiger partial charge in [0.2, 0.25) is 0 Å². The van der Waals surface area contributed by atoms with Gasteiger partial charge in [-0.1, -0.05) is 121 Å². The van der Waals surface area contributed by atoms with Gasteiger partial charge in [-0.05, 0) is 22.3 Å². The molecule has 6 heteroatoms. The average Bonchev–Trinajstić information content (AvgIpc) is 2.96. The molecule has 2 N–H and O–H groups in total. The zero-order valence-electron chi connectivity index (χ0n) is 20.6. The number of carbonyl (C=O) groups excluding carboxylic acids is 2. The van der Waals surface area contributed by atoms with Crippen LogP contribution in [0.15, 0.2) is 131 Å². The molecule has 186 valence electrons. The predicted molar refractivity (Wildman–Crippen MR) is 148 cm³/mol. The predicted octanol–water partition coefficient (Wildman–Crippen LogP) is 5.35. The quantitative estimate of drug-likeness (QED) is 0.266. The van der Waals surface area contributed by atoms with Crippen LogP contribution in [0.2, 0.25) is 0 Å². The topological polar surface area (TPSA) is 94.1 Å². The number of methoxy groups -OCH3 is 1. The molecule has 0 radical (unpaired) electrons. The highest BCUT2D eigenvalue weighted by Gasteiger charge is 2.12. The zero-order valence-corrected chi connectivity index (χ0v) is 20.6. The molecule has 0 aliphatic carbocycles. The standard InChI is InChI=1S/C16H15NO2.C15H14N2O/c1-19-15(18)12-17-16(13-8-4-2-5-9-13)14-10-6-3-7-11-14;16-14(18)11-17-15(12-7-3-1-4-8-12)13-9-5-2-6-10-13/h2-12,16H,1H3;1-11,15H,(H2,16,18). The van der Waals surface area contributed by atoms with Crippen molar-refractivity contribution in [3.8, 4) is 0 Å². The van der Waals surface area contributed by atoms with Crippen molar-refractivity contribution in [1.82, 2.24) is 0 Å². The fourth-order valence-electron chi connectivity index (χ4n) is 3.61. The van der Waals surface area contributed by atoms with Crippen molar-refractivity contribution >= 4 is 24.3 Å². The largest absolute Gasteiger partial charge is 0.465 e. The summed E-state index contributed by atoms with van der Waals surface area (Å²) in [4.78, 5) is 30.6. The molecule has 4 rings (SSSR count). The lowest BCUT2D eigenvalue weighted by molar-refractivity contribution is -0.132. The fraction of sp³-hybridized carbons (Fsp3) is 0.0968. The molecular formula is C31H29N3O3. The number of ether oxygens (including phenoxy) is 1. The third-order valence-corrected chi connectivity index (χ3v) is 5.34. The van der Waals surface area contributed by atoms with Gasteiger partial charge in [0.05, 0.1) is 13.3 Å². The van der Waals surface area contributed by atoms with Crippen LogP contribution in [0.3, 0.4) is 0 Å². The van der Waals surface area contributed by atoms with Crippen LogP contribution in [0.4, 0.5) is 0 Å². The van der Waals surface area contributed by atoms with Crippen molar-refractivity contribution in [2.75, 3.05) is 7.11 Å². The molecule has 0 unspecified atom stereocenters. The monoisotopic (exact) mass is 491 g/mol. The van der Waals surface area contributed by atoms with Crippen molar-refractivity contribution in [1.29, 1.82) is 0 Å². The van der Waals surface area contributed by atoms with Crippen LogP contribution in [-0.2, 0) is 14.3 Å². The van der Waals surface area contributed by atoms with E-state index in [-0.39, 0.29) is 12.1 Å². The first-order chi connectivity index (χ1) is 18.1. The summed E-state index contributed by atoms with van der Waals surface area (Å²) in [6.45, 7) is 0. The Kier molecular flexibility index (Phi) is 10.5. The molecule has 0 atom stereocenters. The Balaban J connectivity index is 0.000000206. The van der Waals surface area contributed by atoms with Crippen LogP contribution in [0.1, 0.15) is 34.3 Å². The molecule has 6 nitrogen and oxygen atoms in total. The van der Waals surface area contributed by atoms with E-state index >= 15 is 0 Å². The lowest BCUT2D eigenvalue weighted by Gasteiger charge is -2.13. The Labute approximate surface area is 217 Å². The number of aliphatic imine (C=N–C) groups is 2. The number of nitrogens with two attached hydrogens (primary N) is 1. The number of carbonyl (C=O) groups is 2. The molecular weight excluding hydrogens is 462 g/mol. The van der Waals surface area contributed by atoms with E-state index in [2.05, 4.69) is 14.7 Å². The number of hydrogen-bond acceptors (Lipinski definition) is 5. The van der Waals surface area contributed by atoms with E-state index in [1.54, 1.807) is 0 Å². The highest BCUT2D eigenvalue weighted by Crippen LogP contribution is 2.26. The SMILES string of the molecule is COC(=O)C=NC(c1ccccc1)c1ccccc1.NC(=O)C=NC(c1ccccc1)c1ccccc1. The van der Waals surface area contributed by atoms with Gasteiger partial charge >= 0.3 is 5.97 Å². The van der Waals surface area contributed by atoms with Crippen LogP contribution in [0.25, 0.3) is 0 Å². The van der Waals surface area contributed by atoms with E-state index in [1.807, 2.05) is 121 Å². The summed E-state index contributed by atoms with van der Waals surface area (Å²) in [5, 5.41) is 0. The van der Waals surface area contributed by atoms with Crippen molar-refractivity contribution in [2.24, 2.45) is 15.7 Å². The molecule has 0 spiro atoms. The Morgan fingerprint density at radius 3 is 1.16 bits per heavy atom. The summed E-state index contributed by atoms with van der Waals surface area (Å²) >= 11 is 0. The molecule has 0 aliphatic heterocycles. The van der Waals surface area contributed by atoms with Crippen molar-refractivity contribution in [3.05, 3.63) is 144 Å². The number of esters is 1.